The number of methoxy groups -OCH3 is 3. The van der Waals surface area contributed by atoms with Crippen LogP contribution >= 0.6 is 11.8 Å². The Balaban J connectivity index is 1.98. The number of carbonyl (C=O) groups excluding carboxylic acids is 2. The molecule has 8 heteroatoms. The second kappa shape index (κ2) is 7.00. The summed E-state index contributed by atoms with van der Waals surface area (Å²) in [4.78, 5) is 27.7. The van der Waals surface area contributed by atoms with Gasteiger partial charge in [-0.3, -0.25) is 9.59 Å². The largest absolute Gasteiger partial charge is 0.493 e. The molecule has 26 heavy (non-hydrogen) atoms. The second-order valence-electron chi connectivity index (χ2n) is 6.74. The molecule has 0 aliphatic carbocycles. The van der Waals surface area contributed by atoms with Crippen LogP contribution in [0.25, 0.3) is 0 Å². The third kappa shape index (κ3) is 2.81. The van der Waals surface area contributed by atoms with Crippen molar-refractivity contribution >= 4 is 23.6 Å². The monoisotopic (exact) mass is 380 g/mol. The molecule has 0 spiro atoms. The van der Waals surface area contributed by atoms with Crippen LogP contribution in [0.1, 0.15) is 35.1 Å². The first-order chi connectivity index (χ1) is 12.4. The lowest BCUT2D eigenvalue weighted by Gasteiger charge is -2.29. The zero-order chi connectivity index (χ0) is 19.1. The maximum atomic E-state index is 13.2. The number of thioether (sulfide) groups is 1. The Labute approximate surface area is 157 Å². The molecule has 7 nitrogen and oxygen atoms in total. The minimum Gasteiger partial charge on any atom is -0.493 e. The van der Waals surface area contributed by atoms with Gasteiger partial charge in [0.25, 0.3) is 5.91 Å². The van der Waals surface area contributed by atoms with Crippen LogP contribution in [-0.2, 0) is 9.53 Å². The summed E-state index contributed by atoms with van der Waals surface area (Å²) < 4.78 is 15.3. The van der Waals surface area contributed by atoms with Gasteiger partial charge in [-0.05, 0) is 19.9 Å². The van der Waals surface area contributed by atoms with Crippen LogP contribution in [0.15, 0.2) is 12.1 Å². The number of benzene rings is 1. The van der Waals surface area contributed by atoms with Gasteiger partial charge in [-0.25, -0.2) is 0 Å². The molecule has 3 rings (SSSR count). The lowest BCUT2D eigenvalue weighted by atomic mass is 10.0. The topological polar surface area (TPSA) is 77.1 Å². The Hall–Kier alpha value is -1.93. The molecular weight excluding hydrogens is 356 g/mol. The average molecular weight is 380 g/mol. The quantitative estimate of drug-likeness (QED) is 0.759. The van der Waals surface area contributed by atoms with Crippen molar-refractivity contribution < 1.29 is 23.8 Å². The minimum absolute atomic E-state index is 0.172. The van der Waals surface area contributed by atoms with Crippen molar-refractivity contribution in [3.63, 3.8) is 0 Å². The molecule has 2 amide bonds. The van der Waals surface area contributed by atoms with Crippen LogP contribution in [0, 0.1) is 0 Å². The number of hydrogen-bond acceptors (Lipinski definition) is 6. The van der Waals surface area contributed by atoms with Crippen molar-refractivity contribution in [2.24, 2.45) is 0 Å². The molecule has 0 radical (unpaired) electrons. The fourth-order valence-corrected chi connectivity index (χ4v) is 5.21. The summed E-state index contributed by atoms with van der Waals surface area (Å²) in [7, 11) is 4.63. The Morgan fingerprint density at radius 2 is 2.00 bits per heavy atom. The summed E-state index contributed by atoms with van der Waals surface area (Å²) in [5.74, 6) is 0.548. The van der Waals surface area contributed by atoms with Crippen LogP contribution in [0.4, 0.5) is 0 Å². The molecular formula is C18H24N2O5S. The van der Waals surface area contributed by atoms with E-state index in [0.29, 0.717) is 30.2 Å². The van der Waals surface area contributed by atoms with Crippen LogP contribution in [-0.4, -0.2) is 62.0 Å². The number of carbonyl (C=O) groups is 2. The number of rotatable bonds is 6. The molecule has 2 atom stereocenters. The summed E-state index contributed by atoms with van der Waals surface area (Å²) in [6.45, 7) is 4.81. The van der Waals surface area contributed by atoms with E-state index in [1.165, 1.54) is 14.2 Å². The zero-order valence-electron chi connectivity index (χ0n) is 15.6. The van der Waals surface area contributed by atoms with Gasteiger partial charge in [0.15, 0.2) is 11.5 Å². The van der Waals surface area contributed by atoms with Gasteiger partial charge in [-0.15, -0.1) is 11.8 Å². The van der Waals surface area contributed by atoms with Gasteiger partial charge < -0.3 is 24.4 Å². The van der Waals surface area contributed by atoms with Gasteiger partial charge in [-0.1, -0.05) is 6.07 Å². The van der Waals surface area contributed by atoms with Crippen LogP contribution in [0.3, 0.4) is 0 Å². The molecule has 142 valence electrons. The van der Waals surface area contributed by atoms with Gasteiger partial charge in [0.1, 0.15) is 11.4 Å². The molecule has 0 bridgehead atoms. The predicted molar refractivity (Wildman–Crippen MR) is 98.8 cm³/mol. The highest BCUT2D eigenvalue weighted by molar-refractivity contribution is 8.01. The molecule has 1 aromatic rings. The molecule has 1 saturated heterocycles. The number of fused-ring (bicyclic) bond motifs is 3. The molecule has 2 aliphatic heterocycles. The summed E-state index contributed by atoms with van der Waals surface area (Å²) in [6.07, 6.45) is 0. The summed E-state index contributed by atoms with van der Waals surface area (Å²) in [5.41, 5.74) is 1.34. The standard InChI is InChI=1S/C18H24N2O5S/c1-18(2)14(15(21)19-8-9-23-3)20-16(22)12-10(17(20)26-18)6-7-11(24-4)13(12)25-5/h6-7,14,17H,8-9H2,1-5H3,(H,19,21)/t14-,17+/m0/s1. The first-order valence-electron chi connectivity index (χ1n) is 8.39. The number of ether oxygens (including phenoxy) is 3. The first kappa shape index (κ1) is 18.8. The summed E-state index contributed by atoms with van der Waals surface area (Å²) in [6, 6.07) is 3.10. The Morgan fingerprint density at radius 1 is 1.27 bits per heavy atom. The van der Waals surface area contributed by atoms with Crippen molar-refractivity contribution in [1.82, 2.24) is 10.2 Å². The number of amides is 2. The maximum absolute atomic E-state index is 13.2. The van der Waals surface area contributed by atoms with E-state index < -0.39 is 10.8 Å². The number of nitrogens with one attached hydrogen (secondary N) is 1. The smallest absolute Gasteiger partial charge is 0.260 e. The highest BCUT2D eigenvalue weighted by Gasteiger charge is 2.58. The fraction of sp³-hybridized carbons (Fsp3) is 0.556. The lowest BCUT2D eigenvalue weighted by molar-refractivity contribution is -0.126. The van der Waals surface area contributed by atoms with E-state index in [1.54, 1.807) is 29.8 Å². The fourth-order valence-electron chi connectivity index (χ4n) is 3.63. The van der Waals surface area contributed by atoms with Crippen LogP contribution < -0.4 is 14.8 Å². The number of hydrogen-bond donors (Lipinski definition) is 1. The van der Waals surface area contributed by atoms with Gasteiger partial charge >= 0.3 is 0 Å². The van der Waals surface area contributed by atoms with Crippen molar-refractivity contribution in [2.45, 2.75) is 30.0 Å². The Bertz CT molecular complexity index is 737. The van der Waals surface area contributed by atoms with E-state index in [-0.39, 0.29) is 17.2 Å². The Morgan fingerprint density at radius 3 is 2.62 bits per heavy atom. The third-order valence-electron chi connectivity index (χ3n) is 4.75. The van der Waals surface area contributed by atoms with E-state index in [9.17, 15) is 9.59 Å². The van der Waals surface area contributed by atoms with E-state index in [2.05, 4.69) is 5.32 Å². The Kier molecular flexibility index (Phi) is 5.07. The van der Waals surface area contributed by atoms with Crippen molar-refractivity contribution in [1.29, 1.82) is 0 Å². The highest BCUT2D eigenvalue weighted by Crippen LogP contribution is 2.58. The van der Waals surface area contributed by atoms with E-state index in [1.807, 2.05) is 19.9 Å². The van der Waals surface area contributed by atoms with E-state index in [4.69, 9.17) is 14.2 Å². The maximum Gasteiger partial charge on any atom is 0.260 e. The molecule has 1 fully saturated rings. The zero-order valence-corrected chi connectivity index (χ0v) is 16.4. The van der Waals surface area contributed by atoms with Crippen LogP contribution in [0.2, 0.25) is 0 Å². The van der Waals surface area contributed by atoms with Crippen molar-refractivity contribution in [3.8, 4) is 11.5 Å². The molecule has 0 unspecified atom stereocenters. The third-order valence-corrected chi connectivity index (χ3v) is 6.29. The molecule has 2 heterocycles. The van der Waals surface area contributed by atoms with Gasteiger partial charge in [0.2, 0.25) is 5.91 Å². The van der Waals surface area contributed by atoms with Crippen molar-refractivity contribution in [2.75, 3.05) is 34.5 Å². The summed E-state index contributed by atoms with van der Waals surface area (Å²) in [5, 5.41) is 2.65. The summed E-state index contributed by atoms with van der Waals surface area (Å²) >= 11 is 1.61. The van der Waals surface area contributed by atoms with Crippen LogP contribution in [0.5, 0.6) is 11.5 Å². The predicted octanol–water partition coefficient (Wildman–Crippen LogP) is 1.81. The van der Waals surface area contributed by atoms with Crippen molar-refractivity contribution in [3.05, 3.63) is 23.3 Å². The van der Waals surface area contributed by atoms with E-state index in [0.717, 1.165) is 5.56 Å². The van der Waals surface area contributed by atoms with Gasteiger partial charge in [0.05, 0.1) is 26.4 Å². The molecule has 2 aliphatic rings. The normalized spacial score (nSPS) is 22.8. The highest BCUT2D eigenvalue weighted by atomic mass is 32.2. The molecule has 0 aromatic heterocycles. The SMILES string of the molecule is COCCNC(=O)[C@@H]1N2C(=O)c3c(ccc(OC)c3OC)[C@H]2SC1(C)C. The first-order valence-corrected chi connectivity index (χ1v) is 9.27. The minimum atomic E-state index is -0.579. The van der Waals surface area contributed by atoms with Gasteiger partial charge in [-0.2, -0.15) is 0 Å². The van der Waals surface area contributed by atoms with E-state index >= 15 is 0 Å². The second-order valence-corrected chi connectivity index (χ2v) is 8.47. The lowest BCUT2D eigenvalue weighted by Crippen LogP contribution is -2.52. The molecule has 1 aromatic carbocycles. The molecule has 1 N–H and O–H groups in total. The molecule has 0 saturated carbocycles. The number of nitrogens with zero attached hydrogens (tertiary/aromatic N) is 1. The van der Waals surface area contributed by atoms with Gasteiger partial charge in [0, 0.05) is 24.0 Å². The average Bonchev–Trinajstić information content (AvgIpc) is 3.04.